The lowest BCUT2D eigenvalue weighted by Gasteiger charge is -2.32. The molecule has 31 heavy (non-hydrogen) atoms. The van der Waals surface area contributed by atoms with Crippen molar-refractivity contribution in [1.29, 1.82) is 0 Å². The summed E-state index contributed by atoms with van der Waals surface area (Å²) in [7, 11) is 4.77. The van der Waals surface area contributed by atoms with Gasteiger partial charge in [-0.2, -0.15) is 0 Å². The van der Waals surface area contributed by atoms with Crippen molar-refractivity contribution in [2.45, 2.75) is 25.4 Å². The normalized spacial score (nSPS) is 15.1. The third-order valence-corrected chi connectivity index (χ3v) is 5.68. The van der Waals surface area contributed by atoms with Crippen LogP contribution in [0.25, 0.3) is 10.9 Å². The van der Waals surface area contributed by atoms with Gasteiger partial charge in [0.2, 0.25) is 5.75 Å². The van der Waals surface area contributed by atoms with E-state index in [1.54, 1.807) is 27.4 Å². The maximum atomic E-state index is 9.68. The summed E-state index contributed by atoms with van der Waals surface area (Å²) in [5.41, 5.74) is 1.81. The number of methoxy groups -OCH3 is 3. The van der Waals surface area contributed by atoms with Gasteiger partial charge in [-0.1, -0.05) is 12.1 Å². The van der Waals surface area contributed by atoms with Gasteiger partial charge in [0.1, 0.15) is 23.4 Å². The molecular formula is C23H28N4O4. The van der Waals surface area contributed by atoms with Crippen molar-refractivity contribution in [3.8, 4) is 23.0 Å². The number of likely N-dealkylation sites (tertiary alicyclic amines) is 1. The molecule has 3 aromatic rings. The summed E-state index contributed by atoms with van der Waals surface area (Å²) in [4.78, 5) is 11.3. The molecule has 1 saturated heterocycles. The Morgan fingerprint density at radius 3 is 2.48 bits per heavy atom. The highest BCUT2D eigenvalue weighted by molar-refractivity contribution is 5.96. The van der Waals surface area contributed by atoms with Crippen molar-refractivity contribution in [2.24, 2.45) is 0 Å². The van der Waals surface area contributed by atoms with Gasteiger partial charge in [-0.05, 0) is 36.6 Å². The molecule has 0 bridgehead atoms. The van der Waals surface area contributed by atoms with Crippen molar-refractivity contribution >= 4 is 16.7 Å². The maximum absolute atomic E-state index is 9.68. The molecular weight excluding hydrogens is 396 g/mol. The fourth-order valence-electron chi connectivity index (χ4n) is 4.12. The first-order valence-corrected chi connectivity index (χ1v) is 10.3. The van der Waals surface area contributed by atoms with E-state index in [4.69, 9.17) is 14.2 Å². The maximum Gasteiger partial charge on any atom is 0.205 e. The molecule has 0 spiro atoms. The Bertz CT molecular complexity index is 1050. The predicted molar refractivity (Wildman–Crippen MR) is 119 cm³/mol. The van der Waals surface area contributed by atoms with Gasteiger partial charge < -0.3 is 24.6 Å². The Morgan fingerprint density at radius 2 is 1.81 bits per heavy atom. The highest BCUT2D eigenvalue weighted by Gasteiger charge is 2.23. The summed E-state index contributed by atoms with van der Waals surface area (Å²) in [5.74, 6) is 2.69. The minimum Gasteiger partial charge on any atom is -0.508 e. The largest absolute Gasteiger partial charge is 0.508 e. The first kappa shape index (κ1) is 21.0. The van der Waals surface area contributed by atoms with Gasteiger partial charge in [0.05, 0.1) is 26.7 Å². The summed E-state index contributed by atoms with van der Waals surface area (Å²) in [6, 6.07) is 9.65. The molecule has 0 amide bonds. The zero-order valence-corrected chi connectivity index (χ0v) is 18.1. The highest BCUT2D eigenvalue weighted by Crippen LogP contribution is 2.43. The van der Waals surface area contributed by atoms with Crippen LogP contribution in [-0.4, -0.2) is 60.4 Å². The lowest BCUT2D eigenvalue weighted by molar-refractivity contribution is 0.211. The molecule has 1 fully saturated rings. The number of hydrogen-bond donors (Lipinski definition) is 2. The van der Waals surface area contributed by atoms with Gasteiger partial charge in [0.25, 0.3) is 0 Å². The van der Waals surface area contributed by atoms with Crippen LogP contribution in [-0.2, 0) is 6.54 Å². The Morgan fingerprint density at radius 1 is 1.03 bits per heavy atom. The molecule has 164 valence electrons. The van der Waals surface area contributed by atoms with Crippen molar-refractivity contribution in [2.75, 3.05) is 39.7 Å². The van der Waals surface area contributed by atoms with E-state index in [2.05, 4.69) is 20.2 Å². The molecule has 2 heterocycles. The van der Waals surface area contributed by atoms with Gasteiger partial charge in [0.15, 0.2) is 11.5 Å². The van der Waals surface area contributed by atoms with Gasteiger partial charge in [-0.15, -0.1) is 0 Å². The quantitative estimate of drug-likeness (QED) is 0.596. The average molecular weight is 425 g/mol. The third-order valence-electron chi connectivity index (χ3n) is 5.68. The van der Waals surface area contributed by atoms with Crippen LogP contribution < -0.4 is 19.5 Å². The number of aromatic nitrogens is 2. The van der Waals surface area contributed by atoms with Gasteiger partial charge in [0, 0.05) is 25.7 Å². The SMILES string of the molecule is COc1cc2c(NC3CCN(Cc4cccc(O)c4)CC3)ncnc2c(OC)c1OC. The number of ether oxygens (including phenoxy) is 3. The number of benzene rings is 2. The van der Waals surface area contributed by atoms with E-state index in [1.807, 2.05) is 24.3 Å². The fourth-order valence-corrected chi connectivity index (χ4v) is 4.12. The van der Waals surface area contributed by atoms with Crippen molar-refractivity contribution in [1.82, 2.24) is 14.9 Å². The number of phenols is 1. The lowest BCUT2D eigenvalue weighted by Crippen LogP contribution is -2.38. The number of anilines is 1. The molecule has 2 N–H and O–H groups in total. The summed E-state index contributed by atoms with van der Waals surface area (Å²) >= 11 is 0. The summed E-state index contributed by atoms with van der Waals surface area (Å²) < 4.78 is 16.5. The van der Waals surface area contributed by atoms with Crippen molar-refractivity contribution in [3.05, 3.63) is 42.2 Å². The van der Waals surface area contributed by atoms with Crippen LogP contribution in [0.1, 0.15) is 18.4 Å². The Hall–Kier alpha value is -3.26. The number of nitrogens with zero attached hydrogens (tertiary/aromatic N) is 3. The second-order valence-electron chi connectivity index (χ2n) is 7.63. The van der Waals surface area contributed by atoms with Crippen LogP contribution in [0.5, 0.6) is 23.0 Å². The molecule has 1 aliphatic rings. The van der Waals surface area contributed by atoms with E-state index in [1.165, 1.54) is 6.33 Å². The highest BCUT2D eigenvalue weighted by atomic mass is 16.5. The summed E-state index contributed by atoms with van der Waals surface area (Å²) in [6.07, 6.45) is 3.53. The standard InChI is InChI=1S/C23H28N4O4/c1-29-19-12-18-20(22(31-3)21(19)30-2)24-14-25-23(18)26-16-7-9-27(10-8-16)13-15-5-4-6-17(28)11-15/h4-6,11-12,14,16,28H,7-10,13H2,1-3H3,(H,24,25,26). The molecule has 0 aliphatic carbocycles. The molecule has 0 atom stereocenters. The number of phenolic OH excluding ortho intramolecular Hbond substituents is 1. The fraction of sp³-hybridized carbons (Fsp3) is 0.391. The Labute approximate surface area is 181 Å². The molecule has 0 saturated carbocycles. The molecule has 0 unspecified atom stereocenters. The molecule has 0 radical (unpaired) electrons. The zero-order valence-electron chi connectivity index (χ0n) is 18.1. The van der Waals surface area contributed by atoms with Crippen LogP contribution in [0, 0.1) is 0 Å². The molecule has 1 aromatic heterocycles. The average Bonchev–Trinajstić information content (AvgIpc) is 2.79. The molecule has 4 rings (SSSR count). The Kier molecular flexibility index (Phi) is 6.27. The number of rotatable bonds is 7. The predicted octanol–water partition coefficient (Wildman–Crippen LogP) is 3.44. The summed E-state index contributed by atoms with van der Waals surface area (Å²) in [5, 5.41) is 14.1. The van der Waals surface area contributed by atoms with Gasteiger partial charge in [-0.25, -0.2) is 9.97 Å². The number of fused-ring (bicyclic) bond motifs is 1. The van der Waals surface area contributed by atoms with Crippen LogP contribution in [0.4, 0.5) is 5.82 Å². The van der Waals surface area contributed by atoms with E-state index in [0.717, 1.165) is 49.2 Å². The third kappa shape index (κ3) is 4.44. The van der Waals surface area contributed by atoms with Crippen LogP contribution >= 0.6 is 0 Å². The molecule has 2 aromatic carbocycles. The topological polar surface area (TPSA) is 89.0 Å². The van der Waals surface area contributed by atoms with Crippen molar-refractivity contribution < 1.29 is 19.3 Å². The number of hydrogen-bond acceptors (Lipinski definition) is 8. The number of nitrogens with one attached hydrogen (secondary N) is 1. The molecule has 8 nitrogen and oxygen atoms in total. The lowest BCUT2D eigenvalue weighted by atomic mass is 10.0. The Balaban J connectivity index is 1.49. The summed E-state index contributed by atoms with van der Waals surface area (Å²) in [6.45, 7) is 2.78. The van der Waals surface area contributed by atoms with E-state index >= 15 is 0 Å². The van der Waals surface area contributed by atoms with Gasteiger partial charge in [-0.3, -0.25) is 4.90 Å². The minimum atomic E-state index is 0.303. The first-order valence-electron chi connectivity index (χ1n) is 10.3. The smallest absolute Gasteiger partial charge is 0.205 e. The van der Waals surface area contributed by atoms with E-state index < -0.39 is 0 Å². The van der Waals surface area contributed by atoms with Crippen LogP contribution in [0.3, 0.4) is 0 Å². The van der Waals surface area contributed by atoms with E-state index in [-0.39, 0.29) is 0 Å². The van der Waals surface area contributed by atoms with Crippen LogP contribution in [0.2, 0.25) is 0 Å². The second kappa shape index (κ2) is 9.26. The van der Waals surface area contributed by atoms with Gasteiger partial charge >= 0.3 is 0 Å². The van der Waals surface area contributed by atoms with Crippen molar-refractivity contribution in [3.63, 3.8) is 0 Å². The van der Waals surface area contributed by atoms with Crippen LogP contribution in [0.15, 0.2) is 36.7 Å². The first-order chi connectivity index (χ1) is 15.1. The molecule has 8 heteroatoms. The van der Waals surface area contributed by atoms with E-state index in [9.17, 15) is 5.11 Å². The monoisotopic (exact) mass is 424 g/mol. The van der Waals surface area contributed by atoms with E-state index in [0.29, 0.717) is 34.6 Å². The molecule has 1 aliphatic heterocycles. The number of piperidine rings is 1. The second-order valence-corrected chi connectivity index (χ2v) is 7.63. The number of aromatic hydroxyl groups is 1. The minimum absolute atomic E-state index is 0.303. The zero-order chi connectivity index (χ0) is 21.8.